The van der Waals surface area contributed by atoms with E-state index in [-0.39, 0.29) is 0 Å². The number of nitrogens with zero attached hydrogens (tertiary/aromatic N) is 1. The van der Waals surface area contributed by atoms with Gasteiger partial charge in [-0.1, -0.05) is 54.3 Å². The first-order chi connectivity index (χ1) is 11.4. The van der Waals surface area contributed by atoms with E-state index in [1.165, 1.54) is 0 Å². The first-order valence-corrected chi connectivity index (χ1v) is 7.29. The van der Waals surface area contributed by atoms with Crippen LogP contribution in [0.25, 0.3) is 0 Å². The van der Waals surface area contributed by atoms with E-state index in [1.807, 2.05) is 72.8 Å². The summed E-state index contributed by atoms with van der Waals surface area (Å²) in [5.74, 6) is 6.35. The van der Waals surface area contributed by atoms with Gasteiger partial charge >= 0.3 is 0 Å². The zero-order chi connectivity index (χ0) is 15.9. The van der Waals surface area contributed by atoms with Crippen molar-refractivity contribution in [3.05, 3.63) is 95.6 Å². The Bertz CT molecular complexity index is 910. The number of nitrogens with one attached hydrogen (secondary N) is 1. The average molecular weight is 294 g/mol. The van der Waals surface area contributed by atoms with Crippen molar-refractivity contribution < 1.29 is 0 Å². The highest BCUT2D eigenvalue weighted by Gasteiger charge is 2.03. The molecule has 23 heavy (non-hydrogen) atoms. The van der Waals surface area contributed by atoms with Gasteiger partial charge in [-0.25, -0.2) is 0 Å². The monoisotopic (exact) mass is 294 g/mol. The highest BCUT2D eigenvalue weighted by Crippen LogP contribution is 2.23. The second kappa shape index (κ2) is 6.98. The predicted octanol–water partition coefficient (Wildman–Crippen LogP) is 4.70. The van der Waals surface area contributed by atoms with Crippen LogP contribution < -0.4 is 5.32 Å². The molecule has 1 N–H and O–H groups in total. The lowest BCUT2D eigenvalue weighted by Crippen LogP contribution is -1.95. The van der Waals surface area contributed by atoms with Gasteiger partial charge in [0.25, 0.3) is 0 Å². The van der Waals surface area contributed by atoms with Crippen molar-refractivity contribution in [2.45, 2.75) is 0 Å². The van der Waals surface area contributed by atoms with E-state index in [4.69, 9.17) is 0 Å². The van der Waals surface area contributed by atoms with Gasteiger partial charge in [0, 0.05) is 11.1 Å². The molecule has 3 rings (SSSR count). The van der Waals surface area contributed by atoms with Crippen LogP contribution in [-0.2, 0) is 0 Å². The highest BCUT2D eigenvalue weighted by molar-refractivity contribution is 5.71. The van der Waals surface area contributed by atoms with Gasteiger partial charge in [-0.3, -0.25) is 0 Å². The molecule has 0 atom stereocenters. The molecule has 3 aromatic rings. The topological polar surface area (TPSA) is 35.8 Å². The fraction of sp³-hybridized carbons (Fsp3) is 0. The summed E-state index contributed by atoms with van der Waals surface area (Å²) in [5, 5.41) is 12.5. The van der Waals surface area contributed by atoms with E-state index in [0.717, 1.165) is 22.5 Å². The summed E-state index contributed by atoms with van der Waals surface area (Å²) in [7, 11) is 0. The highest BCUT2D eigenvalue weighted by atomic mass is 14.9. The number of para-hydroxylation sites is 2. The molecule has 0 radical (unpaired) electrons. The Morgan fingerprint density at radius 2 is 1.17 bits per heavy atom. The number of rotatable bonds is 2. The third-order valence-electron chi connectivity index (χ3n) is 3.36. The number of hydrogen-bond donors (Lipinski definition) is 1. The third kappa shape index (κ3) is 3.59. The van der Waals surface area contributed by atoms with Gasteiger partial charge in [-0.2, -0.15) is 5.26 Å². The molecule has 0 aliphatic rings. The van der Waals surface area contributed by atoms with Crippen molar-refractivity contribution in [1.29, 1.82) is 5.26 Å². The Kier molecular flexibility index (Phi) is 4.39. The second-order valence-electron chi connectivity index (χ2n) is 4.94. The van der Waals surface area contributed by atoms with Crippen LogP contribution in [0.2, 0.25) is 0 Å². The van der Waals surface area contributed by atoms with Crippen molar-refractivity contribution >= 4 is 11.4 Å². The van der Waals surface area contributed by atoms with Crippen molar-refractivity contribution in [3.63, 3.8) is 0 Å². The van der Waals surface area contributed by atoms with E-state index < -0.39 is 0 Å². The van der Waals surface area contributed by atoms with Crippen LogP contribution in [0.4, 0.5) is 11.4 Å². The third-order valence-corrected chi connectivity index (χ3v) is 3.36. The Hall–Kier alpha value is -3.49. The molecule has 0 heterocycles. The fourth-order valence-corrected chi connectivity index (χ4v) is 2.20. The van der Waals surface area contributed by atoms with Gasteiger partial charge in [0.15, 0.2) is 0 Å². The molecule has 0 spiro atoms. The normalized spacial score (nSPS) is 9.35. The maximum Gasteiger partial charge on any atom is 0.101 e. The summed E-state index contributed by atoms with van der Waals surface area (Å²) in [5.41, 5.74) is 4.14. The lowest BCUT2D eigenvalue weighted by Gasteiger charge is -2.09. The molecule has 0 fully saturated rings. The predicted molar refractivity (Wildman–Crippen MR) is 93.3 cm³/mol. The Morgan fingerprint density at radius 1 is 0.609 bits per heavy atom. The standard InChI is InChI=1S/C21H14N2/c22-16-19-11-5-7-13-21(19)23-20-12-6-4-10-18(20)15-14-17-8-2-1-3-9-17/h1-13,23H. The Balaban J connectivity index is 1.93. The van der Waals surface area contributed by atoms with Gasteiger partial charge in [0.1, 0.15) is 6.07 Å². The van der Waals surface area contributed by atoms with Crippen molar-refractivity contribution in [3.8, 4) is 17.9 Å². The minimum absolute atomic E-state index is 0.610. The van der Waals surface area contributed by atoms with Gasteiger partial charge in [-0.05, 0) is 36.4 Å². The van der Waals surface area contributed by atoms with Gasteiger partial charge in [0.05, 0.1) is 16.9 Å². The summed E-state index contributed by atoms with van der Waals surface area (Å²) in [6.45, 7) is 0. The van der Waals surface area contributed by atoms with Crippen LogP contribution in [0.3, 0.4) is 0 Å². The summed E-state index contributed by atoms with van der Waals surface area (Å²) in [6, 6.07) is 27.3. The molecule has 2 heteroatoms. The van der Waals surface area contributed by atoms with Gasteiger partial charge in [0.2, 0.25) is 0 Å². The van der Waals surface area contributed by atoms with Crippen molar-refractivity contribution in [2.24, 2.45) is 0 Å². The molecule has 0 amide bonds. The van der Waals surface area contributed by atoms with E-state index in [1.54, 1.807) is 6.07 Å². The van der Waals surface area contributed by atoms with E-state index in [0.29, 0.717) is 5.56 Å². The molecule has 0 bridgehead atoms. The van der Waals surface area contributed by atoms with Gasteiger partial charge in [-0.15, -0.1) is 0 Å². The second-order valence-corrected chi connectivity index (χ2v) is 4.94. The SMILES string of the molecule is N#Cc1ccccc1Nc1ccccc1C#Cc1ccccc1. The van der Waals surface area contributed by atoms with E-state index in [9.17, 15) is 5.26 Å². The number of anilines is 2. The van der Waals surface area contributed by atoms with Crippen molar-refractivity contribution in [1.82, 2.24) is 0 Å². The van der Waals surface area contributed by atoms with Crippen LogP contribution in [0.5, 0.6) is 0 Å². The number of hydrogen-bond acceptors (Lipinski definition) is 2. The quantitative estimate of drug-likeness (QED) is 0.695. The van der Waals surface area contributed by atoms with Gasteiger partial charge < -0.3 is 5.32 Å². The van der Waals surface area contributed by atoms with Crippen molar-refractivity contribution in [2.75, 3.05) is 5.32 Å². The first kappa shape index (κ1) is 14.4. The minimum atomic E-state index is 0.610. The zero-order valence-corrected chi connectivity index (χ0v) is 12.5. The molecular formula is C21H14N2. The molecule has 3 aromatic carbocycles. The van der Waals surface area contributed by atoms with Crippen LogP contribution in [0, 0.1) is 23.2 Å². The lowest BCUT2D eigenvalue weighted by molar-refractivity contribution is 1.45. The first-order valence-electron chi connectivity index (χ1n) is 7.29. The molecule has 0 aliphatic heterocycles. The Labute approximate surface area is 136 Å². The zero-order valence-electron chi connectivity index (χ0n) is 12.5. The summed E-state index contributed by atoms with van der Waals surface area (Å²) >= 11 is 0. The lowest BCUT2D eigenvalue weighted by atomic mass is 10.1. The van der Waals surface area contributed by atoms with Crippen LogP contribution >= 0.6 is 0 Å². The molecule has 0 aliphatic carbocycles. The molecule has 0 saturated heterocycles. The molecular weight excluding hydrogens is 280 g/mol. The Morgan fingerprint density at radius 3 is 1.87 bits per heavy atom. The summed E-state index contributed by atoms with van der Waals surface area (Å²) in [6.07, 6.45) is 0. The van der Waals surface area contributed by atoms with Crippen LogP contribution in [0.15, 0.2) is 78.9 Å². The summed E-state index contributed by atoms with van der Waals surface area (Å²) in [4.78, 5) is 0. The summed E-state index contributed by atoms with van der Waals surface area (Å²) < 4.78 is 0. The van der Waals surface area contributed by atoms with E-state index in [2.05, 4.69) is 23.2 Å². The van der Waals surface area contributed by atoms with Crippen LogP contribution in [-0.4, -0.2) is 0 Å². The van der Waals surface area contributed by atoms with Crippen LogP contribution in [0.1, 0.15) is 16.7 Å². The largest absolute Gasteiger partial charge is 0.353 e. The number of nitriles is 1. The minimum Gasteiger partial charge on any atom is -0.353 e. The molecule has 0 aromatic heterocycles. The number of benzene rings is 3. The smallest absolute Gasteiger partial charge is 0.101 e. The van der Waals surface area contributed by atoms with E-state index >= 15 is 0 Å². The maximum absolute atomic E-state index is 9.20. The molecule has 2 nitrogen and oxygen atoms in total. The average Bonchev–Trinajstić information content (AvgIpc) is 2.62. The molecule has 0 saturated carbocycles. The molecule has 0 unspecified atom stereocenters. The maximum atomic E-state index is 9.20. The fourth-order valence-electron chi connectivity index (χ4n) is 2.20. The molecule has 108 valence electrons.